The normalized spacial score (nSPS) is 14.6. The van der Waals surface area contributed by atoms with Crippen molar-refractivity contribution in [2.75, 3.05) is 5.75 Å². The molecule has 2 aromatic rings. The Bertz CT molecular complexity index is 763. The molecule has 1 heterocycles. The lowest BCUT2D eigenvalue weighted by molar-refractivity contribution is 0.307. The van der Waals surface area contributed by atoms with Gasteiger partial charge in [0, 0.05) is 23.6 Å². The fourth-order valence-corrected chi connectivity index (χ4v) is 4.37. The maximum absolute atomic E-state index is 9.63. The molecular formula is C21H24N4S. The Balaban J connectivity index is 1.69. The number of nitrogens with one attached hydrogen (secondary N) is 1. The van der Waals surface area contributed by atoms with Gasteiger partial charge in [-0.2, -0.15) is 5.26 Å². The highest BCUT2D eigenvalue weighted by Crippen LogP contribution is 2.27. The van der Waals surface area contributed by atoms with Crippen LogP contribution < -0.4 is 0 Å². The highest BCUT2D eigenvalue weighted by atomic mass is 32.2. The van der Waals surface area contributed by atoms with Gasteiger partial charge in [-0.05, 0) is 37.0 Å². The molecule has 0 atom stereocenters. The predicted molar refractivity (Wildman–Crippen MR) is 106 cm³/mol. The number of thioether (sulfide) groups is 1. The summed E-state index contributed by atoms with van der Waals surface area (Å²) < 4.78 is 0. The molecule has 0 bridgehead atoms. The third-order valence-electron chi connectivity index (χ3n) is 4.79. The van der Waals surface area contributed by atoms with Gasteiger partial charge in [0.25, 0.3) is 0 Å². The van der Waals surface area contributed by atoms with E-state index >= 15 is 0 Å². The number of benzene rings is 1. The molecule has 1 aliphatic rings. The van der Waals surface area contributed by atoms with E-state index in [0.717, 1.165) is 48.4 Å². The van der Waals surface area contributed by atoms with Crippen LogP contribution in [0.2, 0.25) is 0 Å². The van der Waals surface area contributed by atoms with E-state index in [1.807, 2.05) is 18.2 Å². The number of aromatic nitrogens is 1. The number of nitriles is 1. The standard InChI is InChI=1S/C21H24N4S/c22-16-25(18-10-5-2-6-11-18)20(23)19-12-7-14-24-21(19)26-15-13-17-8-3-1-4-9-17/h1,3-4,7-9,12,14,18,23H,2,5-6,10-11,13,15H2. The third-order valence-corrected chi connectivity index (χ3v) is 5.79. The number of hydrogen-bond donors (Lipinski definition) is 1. The molecule has 5 heteroatoms. The average Bonchev–Trinajstić information content (AvgIpc) is 2.70. The molecule has 0 aliphatic heterocycles. The van der Waals surface area contributed by atoms with Crippen molar-refractivity contribution in [2.24, 2.45) is 0 Å². The first-order chi connectivity index (χ1) is 12.8. The number of rotatable bonds is 6. The first kappa shape index (κ1) is 18.5. The minimum Gasteiger partial charge on any atom is -0.283 e. The fraction of sp³-hybridized carbons (Fsp3) is 0.381. The molecule has 1 aromatic carbocycles. The van der Waals surface area contributed by atoms with Gasteiger partial charge in [-0.25, -0.2) is 4.98 Å². The average molecular weight is 365 g/mol. The van der Waals surface area contributed by atoms with Crippen molar-refractivity contribution < 1.29 is 0 Å². The smallest absolute Gasteiger partial charge is 0.185 e. The largest absolute Gasteiger partial charge is 0.283 e. The van der Waals surface area contributed by atoms with Crippen LogP contribution in [0.25, 0.3) is 0 Å². The summed E-state index contributed by atoms with van der Waals surface area (Å²) in [6, 6.07) is 14.3. The van der Waals surface area contributed by atoms with Gasteiger partial charge < -0.3 is 0 Å². The highest BCUT2D eigenvalue weighted by Gasteiger charge is 2.25. The summed E-state index contributed by atoms with van der Waals surface area (Å²) in [6.07, 6.45) is 10.5. The van der Waals surface area contributed by atoms with Gasteiger partial charge in [-0.1, -0.05) is 49.6 Å². The molecule has 0 saturated heterocycles. The first-order valence-corrected chi connectivity index (χ1v) is 10.2. The van der Waals surface area contributed by atoms with Gasteiger partial charge in [-0.3, -0.25) is 10.3 Å². The van der Waals surface area contributed by atoms with Crippen molar-refractivity contribution in [1.29, 1.82) is 10.7 Å². The maximum atomic E-state index is 9.63. The van der Waals surface area contributed by atoms with Gasteiger partial charge in [0.2, 0.25) is 0 Å². The SMILES string of the molecule is N#CN(C(=N)c1cccnc1SCCc1ccccc1)C1CCCCC1. The molecule has 1 aliphatic carbocycles. The van der Waals surface area contributed by atoms with E-state index in [9.17, 15) is 5.26 Å². The molecule has 4 nitrogen and oxygen atoms in total. The van der Waals surface area contributed by atoms with Crippen LogP contribution in [0.5, 0.6) is 0 Å². The van der Waals surface area contributed by atoms with Crippen LogP contribution in [0.3, 0.4) is 0 Å². The summed E-state index contributed by atoms with van der Waals surface area (Å²) in [6.45, 7) is 0. The minimum absolute atomic E-state index is 0.156. The maximum Gasteiger partial charge on any atom is 0.185 e. The van der Waals surface area contributed by atoms with Crippen LogP contribution in [0.1, 0.15) is 43.2 Å². The summed E-state index contributed by atoms with van der Waals surface area (Å²) in [7, 11) is 0. The number of nitrogens with zero attached hydrogens (tertiary/aromatic N) is 3. The third kappa shape index (κ3) is 4.64. The Morgan fingerprint density at radius 2 is 1.92 bits per heavy atom. The molecule has 0 radical (unpaired) electrons. The number of hydrogen-bond acceptors (Lipinski definition) is 4. The van der Waals surface area contributed by atoms with Crippen molar-refractivity contribution in [1.82, 2.24) is 9.88 Å². The zero-order valence-electron chi connectivity index (χ0n) is 14.9. The topological polar surface area (TPSA) is 63.8 Å². The molecule has 0 amide bonds. The molecule has 134 valence electrons. The molecule has 1 fully saturated rings. The van der Waals surface area contributed by atoms with Gasteiger partial charge in [-0.15, -0.1) is 11.8 Å². The van der Waals surface area contributed by atoms with Gasteiger partial charge in [0.05, 0.1) is 0 Å². The number of pyridine rings is 1. The second-order valence-corrected chi connectivity index (χ2v) is 7.63. The van der Waals surface area contributed by atoms with Crippen LogP contribution in [0.4, 0.5) is 0 Å². The molecule has 3 rings (SSSR count). The van der Waals surface area contributed by atoms with Crippen LogP contribution in [0, 0.1) is 16.9 Å². The van der Waals surface area contributed by atoms with Gasteiger partial charge in [0.15, 0.2) is 6.19 Å². The summed E-state index contributed by atoms with van der Waals surface area (Å²) >= 11 is 1.66. The van der Waals surface area contributed by atoms with Crippen molar-refractivity contribution >= 4 is 17.6 Å². The summed E-state index contributed by atoms with van der Waals surface area (Å²) in [5.74, 6) is 1.19. The first-order valence-electron chi connectivity index (χ1n) is 9.19. The second kappa shape index (κ2) is 9.40. The van der Waals surface area contributed by atoms with Crippen molar-refractivity contribution in [3.05, 3.63) is 59.8 Å². The fourth-order valence-electron chi connectivity index (χ4n) is 3.38. The van der Waals surface area contributed by atoms with Crippen LogP contribution >= 0.6 is 11.8 Å². The summed E-state index contributed by atoms with van der Waals surface area (Å²) in [5.41, 5.74) is 2.06. The van der Waals surface area contributed by atoms with Crippen molar-refractivity contribution in [3.63, 3.8) is 0 Å². The number of aryl methyl sites for hydroxylation is 1. The molecule has 1 aromatic heterocycles. The second-order valence-electron chi connectivity index (χ2n) is 6.55. The van der Waals surface area contributed by atoms with Crippen molar-refractivity contribution in [2.45, 2.75) is 49.6 Å². The van der Waals surface area contributed by atoms with E-state index in [2.05, 4.69) is 35.4 Å². The van der Waals surface area contributed by atoms with Crippen molar-refractivity contribution in [3.8, 4) is 6.19 Å². The number of amidine groups is 1. The monoisotopic (exact) mass is 364 g/mol. The van der Waals surface area contributed by atoms with E-state index in [1.54, 1.807) is 22.9 Å². The van der Waals surface area contributed by atoms with E-state index in [1.165, 1.54) is 12.0 Å². The molecule has 0 unspecified atom stereocenters. The van der Waals surface area contributed by atoms with E-state index in [0.29, 0.717) is 0 Å². The minimum atomic E-state index is 0.156. The Hall–Kier alpha value is -2.32. The highest BCUT2D eigenvalue weighted by molar-refractivity contribution is 7.99. The lowest BCUT2D eigenvalue weighted by atomic mass is 9.94. The molecule has 1 N–H and O–H groups in total. The van der Waals surface area contributed by atoms with Gasteiger partial charge in [0.1, 0.15) is 10.9 Å². The molecule has 1 saturated carbocycles. The molecular weight excluding hydrogens is 340 g/mol. The van der Waals surface area contributed by atoms with Gasteiger partial charge >= 0.3 is 0 Å². The van der Waals surface area contributed by atoms with Crippen LogP contribution in [-0.4, -0.2) is 27.5 Å². The zero-order valence-corrected chi connectivity index (χ0v) is 15.7. The van der Waals surface area contributed by atoms with E-state index < -0.39 is 0 Å². The molecule has 26 heavy (non-hydrogen) atoms. The van der Waals surface area contributed by atoms with Crippen LogP contribution in [0.15, 0.2) is 53.7 Å². The van der Waals surface area contributed by atoms with Crippen LogP contribution in [-0.2, 0) is 6.42 Å². The molecule has 0 spiro atoms. The van der Waals surface area contributed by atoms with E-state index in [4.69, 9.17) is 5.41 Å². The Morgan fingerprint density at radius 1 is 1.15 bits per heavy atom. The summed E-state index contributed by atoms with van der Waals surface area (Å²) in [4.78, 5) is 6.07. The summed E-state index contributed by atoms with van der Waals surface area (Å²) in [5, 5.41) is 19.1. The zero-order chi connectivity index (χ0) is 18.2. The predicted octanol–water partition coefficient (Wildman–Crippen LogP) is 4.86. The Morgan fingerprint density at radius 3 is 2.65 bits per heavy atom. The lowest BCUT2D eigenvalue weighted by Gasteiger charge is -2.30. The Kier molecular flexibility index (Phi) is 6.68. The Labute approximate surface area is 159 Å². The quantitative estimate of drug-likeness (QED) is 0.261. The lowest BCUT2D eigenvalue weighted by Crippen LogP contribution is -2.38. The van der Waals surface area contributed by atoms with E-state index in [-0.39, 0.29) is 11.9 Å².